The molecule has 2 aromatic rings. The average Bonchev–Trinajstić information content (AvgIpc) is 3.03. The number of nitrogens with zero attached hydrogens (tertiary/aromatic N) is 1. The quantitative estimate of drug-likeness (QED) is 0.271. The zero-order chi connectivity index (χ0) is 24.8. The van der Waals surface area contributed by atoms with Gasteiger partial charge in [0.25, 0.3) is 11.1 Å². The lowest BCUT2D eigenvalue weighted by Crippen LogP contribution is -2.36. The SMILES string of the molecule is C=CCOc1c(Cl)cc(/C=C2/SC(=O)N(CC(=O)Nc3ccc(Br)c(Cl)c3)C2=O)cc1OCC. The molecule has 1 aliphatic rings. The Morgan fingerprint density at radius 2 is 1.97 bits per heavy atom. The van der Waals surface area contributed by atoms with E-state index in [1.807, 2.05) is 6.92 Å². The Hall–Kier alpha value is -2.46. The van der Waals surface area contributed by atoms with E-state index in [9.17, 15) is 14.4 Å². The number of nitrogens with one attached hydrogen (secondary N) is 1. The summed E-state index contributed by atoms with van der Waals surface area (Å²) < 4.78 is 11.9. The second kappa shape index (κ2) is 11.8. The maximum absolute atomic E-state index is 12.8. The second-order valence-electron chi connectivity index (χ2n) is 6.81. The van der Waals surface area contributed by atoms with Crippen LogP contribution in [0.3, 0.4) is 0 Å². The van der Waals surface area contributed by atoms with E-state index in [0.717, 1.165) is 16.7 Å². The number of hydrogen-bond donors (Lipinski definition) is 1. The number of imide groups is 1. The normalized spacial score (nSPS) is 14.5. The van der Waals surface area contributed by atoms with Crippen molar-refractivity contribution in [2.24, 2.45) is 0 Å². The van der Waals surface area contributed by atoms with Crippen molar-refractivity contribution in [3.05, 3.63) is 68.0 Å². The first-order valence-electron chi connectivity index (χ1n) is 9.93. The molecule has 0 unspecified atom stereocenters. The Morgan fingerprint density at radius 3 is 2.65 bits per heavy atom. The maximum Gasteiger partial charge on any atom is 0.294 e. The Morgan fingerprint density at radius 1 is 1.21 bits per heavy atom. The van der Waals surface area contributed by atoms with E-state index >= 15 is 0 Å². The monoisotopic (exact) mass is 584 g/mol. The van der Waals surface area contributed by atoms with Crippen LogP contribution < -0.4 is 14.8 Å². The number of carbonyl (C=O) groups is 3. The molecule has 1 heterocycles. The Bertz CT molecular complexity index is 1190. The van der Waals surface area contributed by atoms with Gasteiger partial charge in [0.2, 0.25) is 5.91 Å². The number of hydrogen-bond acceptors (Lipinski definition) is 6. The van der Waals surface area contributed by atoms with Gasteiger partial charge < -0.3 is 14.8 Å². The lowest BCUT2D eigenvalue weighted by molar-refractivity contribution is -0.127. The van der Waals surface area contributed by atoms with E-state index in [2.05, 4.69) is 27.8 Å². The molecule has 1 N–H and O–H groups in total. The first-order chi connectivity index (χ1) is 16.2. The summed E-state index contributed by atoms with van der Waals surface area (Å²) in [4.78, 5) is 38.7. The average molecular weight is 586 g/mol. The minimum Gasteiger partial charge on any atom is -0.490 e. The molecule has 3 amide bonds. The molecule has 1 aliphatic heterocycles. The highest BCUT2D eigenvalue weighted by molar-refractivity contribution is 9.10. The van der Waals surface area contributed by atoms with E-state index in [4.69, 9.17) is 32.7 Å². The van der Waals surface area contributed by atoms with Crippen LogP contribution in [0.15, 0.2) is 52.4 Å². The van der Waals surface area contributed by atoms with Crippen LogP contribution in [0.5, 0.6) is 11.5 Å². The molecule has 0 spiro atoms. The number of benzene rings is 2. The van der Waals surface area contributed by atoms with Gasteiger partial charge in [0.15, 0.2) is 11.5 Å². The molecular weight excluding hydrogens is 567 g/mol. The number of anilines is 1. The van der Waals surface area contributed by atoms with Gasteiger partial charge >= 0.3 is 0 Å². The summed E-state index contributed by atoms with van der Waals surface area (Å²) in [6.07, 6.45) is 3.10. The summed E-state index contributed by atoms with van der Waals surface area (Å²) in [6.45, 7) is 5.61. The van der Waals surface area contributed by atoms with E-state index in [1.54, 1.807) is 36.4 Å². The molecule has 1 fully saturated rings. The first-order valence-corrected chi connectivity index (χ1v) is 12.3. The van der Waals surface area contributed by atoms with Crippen LogP contribution in [0, 0.1) is 0 Å². The Balaban J connectivity index is 1.76. The fraction of sp³-hybridized carbons (Fsp3) is 0.174. The van der Waals surface area contributed by atoms with Gasteiger partial charge in [-0.15, -0.1) is 0 Å². The second-order valence-corrected chi connectivity index (χ2v) is 9.47. The highest BCUT2D eigenvalue weighted by atomic mass is 79.9. The van der Waals surface area contributed by atoms with Gasteiger partial charge in [-0.25, -0.2) is 0 Å². The van der Waals surface area contributed by atoms with Gasteiger partial charge in [-0.1, -0.05) is 35.9 Å². The number of amides is 3. The molecule has 0 aromatic heterocycles. The molecule has 2 aromatic carbocycles. The van der Waals surface area contributed by atoms with Crippen molar-refractivity contribution in [1.29, 1.82) is 0 Å². The summed E-state index contributed by atoms with van der Waals surface area (Å²) >= 11 is 16.4. The lowest BCUT2D eigenvalue weighted by Gasteiger charge is -2.14. The third-order valence-corrected chi connectivity index (χ3v) is 6.77. The van der Waals surface area contributed by atoms with E-state index < -0.39 is 23.6 Å². The van der Waals surface area contributed by atoms with Crippen LogP contribution >= 0.6 is 50.9 Å². The third kappa shape index (κ3) is 6.35. The standard InChI is InChI=1S/C23H19BrCl2N2O5S/c1-3-7-33-21-17(26)8-13(9-18(21)32-4-2)10-19-22(30)28(23(31)34-19)12-20(29)27-14-5-6-15(24)16(25)11-14/h3,5-6,8-11H,1,4,7,12H2,2H3,(H,27,29)/b19-10+. The van der Waals surface area contributed by atoms with Gasteiger partial charge in [0.05, 0.1) is 21.6 Å². The number of carbonyl (C=O) groups excluding carboxylic acids is 3. The van der Waals surface area contributed by atoms with Crippen molar-refractivity contribution in [3.63, 3.8) is 0 Å². The zero-order valence-corrected chi connectivity index (χ0v) is 21.8. The zero-order valence-electron chi connectivity index (χ0n) is 17.9. The van der Waals surface area contributed by atoms with Crippen LogP contribution in [0.4, 0.5) is 10.5 Å². The number of ether oxygens (including phenoxy) is 2. The third-order valence-electron chi connectivity index (χ3n) is 4.35. The summed E-state index contributed by atoms with van der Waals surface area (Å²) in [5, 5.41) is 2.76. The summed E-state index contributed by atoms with van der Waals surface area (Å²) in [5.41, 5.74) is 0.983. The van der Waals surface area contributed by atoms with Gasteiger partial charge in [0, 0.05) is 10.2 Å². The molecular formula is C23H19BrCl2N2O5S. The summed E-state index contributed by atoms with van der Waals surface area (Å²) in [5.74, 6) is -0.361. The van der Waals surface area contributed by atoms with E-state index in [1.165, 1.54) is 6.08 Å². The molecule has 34 heavy (non-hydrogen) atoms. The van der Waals surface area contributed by atoms with Crippen molar-refractivity contribution in [2.75, 3.05) is 25.1 Å². The predicted molar refractivity (Wildman–Crippen MR) is 139 cm³/mol. The van der Waals surface area contributed by atoms with Crippen LogP contribution in [0.1, 0.15) is 12.5 Å². The maximum atomic E-state index is 12.8. The summed E-state index contributed by atoms with van der Waals surface area (Å²) in [6, 6.07) is 8.13. The topological polar surface area (TPSA) is 84.9 Å². The Kier molecular flexibility index (Phi) is 9.07. The molecule has 0 atom stereocenters. The number of rotatable bonds is 9. The van der Waals surface area contributed by atoms with Gasteiger partial charge in [-0.3, -0.25) is 19.3 Å². The highest BCUT2D eigenvalue weighted by Gasteiger charge is 2.36. The smallest absolute Gasteiger partial charge is 0.294 e. The molecule has 3 rings (SSSR count). The van der Waals surface area contributed by atoms with E-state index in [0.29, 0.717) is 38.9 Å². The van der Waals surface area contributed by atoms with Crippen molar-refractivity contribution in [1.82, 2.24) is 4.90 Å². The van der Waals surface area contributed by atoms with Crippen molar-refractivity contribution in [2.45, 2.75) is 6.92 Å². The molecule has 0 aliphatic carbocycles. The van der Waals surface area contributed by atoms with Crippen LogP contribution in [-0.2, 0) is 9.59 Å². The van der Waals surface area contributed by atoms with Gasteiger partial charge in [-0.05, 0) is 76.6 Å². The largest absolute Gasteiger partial charge is 0.490 e. The molecule has 0 saturated carbocycles. The molecule has 178 valence electrons. The molecule has 1 saturated heterocycles. The van der Waals surface area contributed by atoms with Crippen LogP contribution in [0.25, 0.3) is 6.08 Å². The molecule has 0 radical (unpaired) electrons. The molecule has 11 heteroatoms. The van der Waals surface area contributed by atoms with Crippen LogP contribution in [0.2, 0.25) is 10.0 Å². The fourth-order valence-electron chi connectivity index (χ4n) is 2.92. The number of thioether (sulfide) groups is 1. The summed E-state index contributed by atoms with van der Waals surface area (Å²) in [7, 11) is 0. The van der Waals surface area contributed by atoms with Crippen LogP contribution in [-0.4, -0.2) is 41.7 Å². The van der Waals surface area contributed by atoms with Gasteiger partial charge in [-0.2, -0.15) is 0 Å². The van der Waals surface area contributed by atoms with Crippen molar-refractivity contribution < 1.29 is 23.9 Å². The lowest BCUT2D eigenvalue weighted by atomic mass is 10.1. The van der Waals surface area contributed by atoms with Gasteiger partial charge in [0.1, 0.15) is 13.2 Å². The minimum atomic E-state index is -0.583. The van der Waals surface area contributed by atoms with Crippen molar-refractivity contribution in [3.8, 4) is 11.5 Å². The fourth-order valence-corrected chi connectivity index (χ4v) is 4.46. The Labute approximate surface area is 219 Å². The minimum absolute atomic E-state index is 0.155. The van der Waals surface area contributed by atoms with E-state index in [-0.39, 0.29) is 16.5 Å². The highest BCUT2D eigenvalue weighted by Crippen LogP contribution is 2.39. The number of halogens is 3. The molecule has 7 nitrogen and oxygen atoms in total. The molecule has 0 bridgehead atoms. The van der Waals surface area contributed by atoms with Crippen molar-refractivity contribution >= 4 is 79.7 Å². The first kappa shape index (κ1) is 26.2. The predicted octanol–water partition coefficient (Wildman–Crippen LogP) is 6.39.